The van der Waals surface area contributed by atoms with E-state index in [1.165, 1.54) is 4.90 Å². The molecule has 0 unspecified atom stereocenters. The summed E-state index contributed by atoms with van der Waals surface area (Å²) in [6.45, 7) is 9.01. The third-order valence-corrected chi connectivity index (χ3v) is 5.64. The lowest BCUT2D eigenvalue weighted by Crippen LogP contribution is -2.45. The first-order valence-corrected chi connectivity index (χ1v) is 11.2. The van der Waals surface area contributed by atoms with Crippen LogP contribution < -0.4 is 5.32 Å². The molecule has 1 rings (SSSR count). The third-order valence-electron chi connectivity index (χ3n) is 3.89. The molecule has 28 heavy (non-hydrogen) atoms. The van der Waals surface area contributed by atoms with Gasteiger partial charge >= 0.3 is 12.1 Å². The number of carbonyl (C=O) groups is 3. The number of nitrogens with one attached hydrogen (secondary N) is 1. The fourth-order valence-electron chi connectivity index (χ4n) is 2.75. The summed E-state index contributed by atoms with van der Waals surface area (Å²) in [5, 5.41) is 2.44. The van der Waals surface area contributed by atoms with Gasteiger partial charge < -0.3 is 19.7 Å². The second-order valence-electron chi connectivity index (χ2n) is 8.34. The van der Waals surface area contributed by atoms with E-state index in [1.54, 1.807) is 20.8 Å². The second kappa shape index (κ2) is 10.1. The van der Waals surface area contributed by atoms with Gasteiger partial charge in [0.1, 0.15) is 5.60 Å². The van der Waals surface area contributed by atoms with Crippen LogP contribution in [0.2, 0.25) is 0 Å². The Balaban J connectivity index is 2.44. The molecule has 0 aromatic carbocycles. The van der Waals surface area contributed by atoms with Crippen LogP contribution in [0.4, 0.5) is 4.79 Å². The van der Waals surface area contributed by atoms with Crippen molar-refractivity contribution >= 4 is 27.8 Å². The van der Waals surface area contributed by atoms with E-state index in [2.05, 4.69) is 5.32 Å². The van der Waals surface area contributed by atoms with Gasteiger partial charge in [-0.05, 0) is 33.1 Å². The third kappa shape index (κ3) is 9.38. The number of hydrogen-bond donors (Lipinski definition) is 1. The molecule has 10 heteroatoms. The molecule has 1 atom stereocenters. The maximum atomic E-state index is 12.5. The van der Waals surface area contributed by atoms with Crippen LogP contribution in [0.3, 0.4) is 0 Å². The number of esters is 1. The number of carbonyl (C=O) groups excluding carboxylic acids is 3. The van der Waals surface area contributed by atoms with Crippen LogP contribution in [0.15, 0.2) is 0 Å². The van der Waals surface area contributed by atoms with Gasteiger partial charge in [0.2, 0.25) is 0 Å². The van der Waals surface area contributed by atoms with Gasteiger partial charge in [-0.1, -0.05) is 13.8 Å². The largest absolute Gasteiger partial charge is 0.456 e. The Morgan fingerprint density at radius 2 is 1.86 bits per heavy atom. The highest BCUT2D eigenvalue weighted by Gasteiger charge is 2.35. The van der Waals surface area contributed by atoms with Gasteiger partial charge in [0, 0.05) is 19.1 Å². The molecule has 1 aliphatic heterocycles. The van der Waals surface area contributed by atoms with Crippen molar-refractivity contribution in [1.82, 2.24) is 10.2 Å². The molecule has 0 bridgehead atoms. The van der Waals surface area contributed by atoms with Crippen molar-refractivity contribution in [2.24, 2.45) is 5.92 Å². The number of ether oxygens (including phenoxy) is 2. The van der Waals surface area contributed by atoms with Crippen LogP contribution in [0, 0.1) is 5.92 Å². The molecular formula is C18H32N2O7S. The van der Waals surface area contributed by atoms with Crippen molar-refractivity contribution in [1.29, 1.82) is 0 Å². The van der Waals surface area contributed by atoms with Gasteiger partial charge in [0.25, 0.3) is 5.91 Å². The highest BCUT2D eigenvalue weighted by Crippen LogP contribution is 2.19. The summed E-state index contributed by atoms with van der Waals surface area (Å²) < 4.78 is 33.5. The van der Waals surface area contributed by atoms with E-state index in [4.69, 9.17) is 9.47 Å². The van der Waals surface area contributed by atoms with E-state index in [9.17, 15) is 22.8 Å². The van der Waals surface area contributed by atoms with Crippen LogP contribution in [0.25, 0.3) is 0 Å². The van der Waals surface area contributed by atoms with E-state index in [0.717, 1.165) is 0 Å². The summed E-state index contributed by atoms with van der Waals surface area (Å²) in [4.78, 5) is 37.3. The lowest BCUT2D eigenvalue weighted by atomic mass is 10.1. The van der Waals surface area contributed by atoms with Crippen LogP contribution >= 0.6 is 0 Å². The Morgan fingerprint density at radius 1 is 1.21 bits per heavy atom. The number of hydrogen-bond acceptors (Lipinski definition) is 7. The number of sulfone groups is 1. The normalized spacial score (nSPS) is 18.6. The van der Waals surface area contributed by atoms with Crippen LogP contribution in [0.1, 0.15) is 47.5 Å². The predicted molar refractivity (Wildman–Crippen MR) is 103 cm³/mol. The molecule has 0 aromatic rings. The molecule has 0 spiro atoms. The first-order valence-electron chi connectivity index (χ1n) is 9.41. The van der Waals surface area contributed by atoms with Crippen molar-refractivity contribution in [3.8, 4) is 0 Å². The van der Waals surface area contributed by atoms with Crippen molar-refractivity contribution < 1.29 is 32.3 Å². The minimum absolute atomic E-state index is 0.0263. The van der Waals surface area contributed by atoms with Gasteiger partial charge in [-0.3, -0.25) is 9.59 Å². The van der Waals surface area contributed by atoms with Crippen molar-refractivity contribution in [3.05, 3.63) is 0 Å². The van der Waals surface area contributed by atoms with E-state index >= 15 is 0 Å². The molecule has 1 saturated heterocycles. The minimum atomic E-state index is -3.13. The first kappa shape index (κ1) is 24.2. The Hall–Kier alpha value is -1.84. The molecule has 9 nitrogen and oxygen atoms in total. The zero-order chi connectivity index (χ0) is 21.5. The number of rotatable bonds is 8. The highest BCUT2D eigenvalue weighted by atomic mass is 32.2. The van der Waals surface area contributed by atoms with E-state index in [0.29, 0.717) is 13.0 Å². The lowest BCUT2D eigenvalue weighted by Gasteiger charge is -2.29. The zero-order valence-corrected chi connectivity index (χ0v) is 18.1. The van der Waals surface area contributed by atoms with Crippen molar-refractivity contribution in [2.75, 3.05) is 31.2 Å². The van der Waals surface area contributed by atoms with E-state index in [-0.39, 0.29) is 36.4 Å². The van der Waals surface area contributed by atoms with Gasteiger partial charge in [-0.2, -0.15) is 0 Å². The Bertz CT molecular complexity index is 668. The summed E-state index contributed by atoms with van der Waals surface area (Å²) >= 11 is 0. The molecule has 1 heterocycles. The fourth-order valence-corrected chi connectivity index (χ4v) is 4.48. The number of amides is 2. The molecule has 2 amide bonds. The van der Waals surface area contributed by atoms with Gasteiger partial charge in [0.15, 0.2) is 16.4 Å². The average Bonchev–Trinajstić information content (AvgIpc) is 2.88. The molecule has 162 valence electrons. The Morgan fingerprint density at radius 3 is 2.36 bits per heavy atom. The Kier molecular flexibility index (Phi) is 8.72. The summed E-state index contributed by atoms with van der Waals surface area (Å²) in [6, 6.07) is -0.382. The molecule has 1 fully saturated rings. The van der Waals surface area contributed by atoms with Crippen LogP contribution in [-0.2, 0) is 28.9 Å². The van der Waals surface area contributed by atoms with Gasteiger partial charge in [0.05, 0.1) is 17.9 Å². The van der Waals surface area contributed by atoms with Gasteiger partial charge in [-0.15, -0.1) is 0 Å². The smallest absolute Gasteiger partial charge is 0.407 e. The molecule has 0 radical (unpaired) electrons. The summed E-state index contributed by atoms with van der Waals surface area (Å²) in [7, 11) is -3.13. The fraction of sp³-hybridized carbons (Fsp3) is 0.833. The molecular weight excluding hydrogens is 388 g/mol. The molecule has 1 aliphatic rings. The quantitative estimate of drug-likeness (QED) is 0.584. The van der Waals surface area contributed by atoms with Gasteiger partial charge in [-0.25, -0.2) is 13.2 Å². The summed E-state index contributed by atoms with van der Waals surface area (Å²) in [5.74, 6) is -0.882. The monoisotopic (exact) mass is 420 g/mol. The van der Waals surface area contributed by atoms with E-state index < -0.39 is 40.0 Å². The maximum Gasteiger partial charge on any atom is 0.407 e. The number of nitrogens with zero attached hydrogens (tertiary/aromatic N) is 1. The standard InChI is InChI=1S/C18H32N2O7S/c1-13(2)10-20(14-7-9-28(24,25)12-14)15(21)11-26-16(22)6-8-19-17(23)27-18(3,4)5/h13-14H,6-12H2,1-5H3,(H,19,23)/t14-/m1/s1. The first-order chi connectivity index (χ1) is 12.8. The minimum Gasteiger partial charge on any atom is -0.456 e. The molecule has 0 aliphatic carbocycles. The predicted octanol–water partition coefficient (Wildman–Crippen LogP) is 1.12. The SMILES string of the molecule is CC(C)CN(C(=O)COC(=O)CCNC(=O)OC(C)(C)C)[C@@H]1CCS(=O)(=O)C1. The maximum absolute atomic E-state index is 12.5. The van der Waals surface area contributed by atoms with E-state index in [1.807, 2.05) is 13.8 Å². The topological polar surface area (TPSA) is 119 Å². The molecule has 0 aromatic heterocycles. The van der Waals surface area contributed by atoms with Crippen LogP contribution in [-0.4, -0.2) is 74.1 Å². The van der Waals surface area contributed by atoms with Crippen molar-refractivity contribution in [2.45, 2.75) is 59.1 Å². The van der Waals surface area contributed by atoms with Crippen molar-refractivity contribution in [3.63, 3.8) is 0 Å². The summed E-state index contributed by atoms with van der Waals surface area (Å²) in [5.41, 5.74) is -0.634. The van der Waals surface area contributed by atoms with Crippen LogP contribution in [0.5, 0.6) is 0 Å². The highest BCUT2D eigenvalue weighted by molar-refractivity contribution is 7.91. The lowest BCUT2D eigenvalue weighted by molar-refractivity contribution is -0.153. The summed E-state index contributed by atoms with van der Waals surface area (Å²) in [6.07, 6.45) is -0.342. The number of alkyl carbamates (subject to hydrolysis) is 1. The molecule has 0 saturated carbocycles. The average molecular weight is 421 g/mol. The molecule has 1 N–H and O–H groups in total. The zero-order valence-electron chi connectivity index (χ0n) is 17.3. The second-order valence-corrected chi connectivity index (χ2v) is 10.6. The Labute approximate surface area is 167 Å².